The van der Waals surface area contributed by atoms with Crippen LogP contribution in [0.5, 0.6) is 0 Å². The molecule has 1 aromatic heterocycles. The molecule has 25 heavy (non-hydrogen) atoms. The zero-order valence-electron chi connectivity index (χ0n) is 13.0. The average molecular weight is 365 g/mol. The minimum atomic E-state index is -5.43. The van der Waals surface area contributed by atoms with Crippen LogP contribution in [0.1, 0.15) is 16.8 Å². The summed E-state index contributed by atoms with van der Waals surface area (Å²) < 4.78 is 80.9. The maximum atomic E-state index is 13.6. The molecule has 0 fully saturated rings. The lowest BCUT2D eigenvalue weighted by Gasteiger charge is -2.32. The first kappa shape index (κ1) is 19.0. The first-order valence-electron chi connectivity index (χ1n) is 6.85. The van der Waals surface area contributed by atoms with Crippen LogP contribution in [0.4, 0.5) is 32.3 Å². The Labute approximate surface area is 138 Å². The van der Waals surface area contributed by atoms with E-state index in [1.807, 2.05) is 0 Å². The van der Waals surface area contributed by atoms with Gasteiger partial charge in [0.1, 0.15) is 0 Å². The summed E-state index contributed by atoms with van der Waals surface area (Å²) in [4.78, 5) is 7.80. The number of nitrogens with zero attached hydrogens (tertiary/aromatic N) is 3. The van der Waals surface area contributed by atoms with Crippen molar-refractivity contribution in [1.82, 2.24) is 9.97 Å². The smallest absolute Gasteiger partial charge is 0.372 e. The molecule has 1 heterocycles. The molecule has 0 radical (unpaired) electrons. The fourth-order valence-corrected chi connectivity index (χ4v) is 2.22. The molecule has 4 nitrogen and oxygen atoms in total. The first-order chi connectivity index (χ1) is 11.4. The maximum Gasteiger partial charge on any atom is 0.433 e. The average Bonchev–Trinajstić information content (AvgIpc) is 2.52. The van der Waals surface area contributed by atoms with E-state index in [1.165, 1.54) is 32.3 Å². The highest BCUT2D eigenvalue weighted by atomic mass is 19.4. The van der Waals surface area contributed by atoms with Crippen molar-refractivity contribution in [1.29, 1.82) is 0 Å². The number of hydrogen-bond donors (Lipinski definition) is 1. The predicted octanol–water partition coefficient (Wildman–Crippen LogP) is 3.36. The number of alkyl halides is 6. The topological polar surface area (TPSA) is 49.2 Å². The molecule has 0 aliphatic carbocycles. The van der Waals surface area contributed by atoms with Gasteiger partial charge in [-0.25, -0.2) is 9.97 Å². The summed E-state index contributed by atoms with van der Waals surface area (Å²) in [6, 6.07) is 5.49. The highest BCUT2D eigenvalue weighted by Gasteiger charge is 2.59. The van der Waals surface area contributed by atoms with Crippen LogP contribution in [-0.4, -0.2) is 35.3 Å². The van der Waals surface area contributed by atoms with Crippen molar-refractivity contribution in [2.45, 2.75) is 18.0 Å². The Balaban J connectivity index is 2.83. The highest BCUT2D eigenvalue weighted by molar-refractivity contribution is 5.43. The van der Waals surface area contributed by atoms with Crippen LogP contribution in [0, 0.1) is 0 Å². The quantitative estimate of drug-likeness (QED) is 0.848. The molecule has 1 atom stereocenters. The summed E-state index contributed by atoms with van der Waals surface area (Å²) in [5, 5.41) is 10.3. The zero-order valence-corrected chi connectivity index (χ0v) is 13.0. The van der Waals surface area contributed by atoms with E-state index in [-0.39, 0.29) is 0 Å². The number of rotatable bonds is 3. The SMILES string of the molecule is CN(C)c1ncc(C(O)(c2ccccc2)C(F)(F)F)c(C(F)(F)F)n1. The van der Waals surface area contributed by atoms with Crippen molar-refractivity contribution in [2.24, 2.45) is 0 Å². The molecule has 0 spiro atoms. The number of anilines is 1. The van der Waals surface area contributed by atoms with Crippen LogP contribution >= 0.6 is 0 Å². The van der Waals surface area contributed by atoms with E-state index in [4.69, 9.17) is 0 Å². The molecule has 0 aliphatic heterocycles. The molecule has 2 aromatic rings. The Hall–Kier alpha value is -2.36. The van der Waals surface area contributed by atoms with Gasteiger partial charge in [0.15, 0.2) is 5.69 Å². The molecule has 0 saturated heterocycles. The van der Waals surface area contributed by atoms with Gasteiger partial charge in [-0.3, -0.25) is 0 Å². The Kier molecular flexibility index (Phi) is 4.69. The van der Waals surface area contributed by atoms with Crippen LogP contribution < -0.4 is 4.90 Å². The second kappa shape index (κ2) is 6.17. The molecule has 0 saturated carbocycles. The summed E-state index contributed by atoms with van der Waals surface area (Å²) in [5.74, 6) is -0.436. The molecule has 0 amide bonds. The predicted molar refractivity (Wildman–Crippen MR) is 76.9 cm³/mol. The first-order valence-corrected chi connectivity index (χ1v) is 6.85. The van der Waals surface area contributed by atoms with Gasteiger partial charge in [0.25, 0.3) is 0 Å². The van der Waals surface area contributed by atoms with Gasteiger partial charge in [-0.15, -0.1) is 0 Å². The molecule has 2 rings (SSSR count). The van der Waals surface area contributed by atoms with Crippen LogP contribution in [0.15, 0.2) is 36.5 Å². The van der Waals surface area contributed by atoms with Gasteiger partial charge in [-0.05, 0) is 5.56 Å². The van der Waals surface area contributed by atoms with Gasteiger partial charge in [0, 0.05) is 25.9 Å². The number of halogens is 6. The molecule has 136 valence electrons. The lowest BCUT2D eigenvalue weighted by Crippen LogP contribution is -2.45. The van der Waals surface area contributed by atoms with Gasteiger partial charge in [-0.1, -0.05) is 30.3 Å². The zero-order chi connectivity index (χ0) is 19.0. The molecular formula is C15H13F6N3O. The third-order valence-corrected chi connectivity index (χ3v) is 3.44. The van der Waals surface area contributed by atoms with Crippen LogP contribution in [0.3, 0.4) is 0 Å². The molecular weight excluding hydrogens is 352 g/mol. The van der Waals surface area contributed by atoms with E-state index >= 15 is 0 Å². The maximum absolute atomic E-state index is 13.6. The molecule has 1 aromatic carbocycles. The highest BCUT2D eigenvalue weighted by Crippen LogP contribution is 2.47. The molecule has 0 aliphatic rings. The molecule has 1 unspecified atom stereocenters. The van der Waals surface area contributed by atoms with Crippen LogP contribution in [0.25, 0.3) is 0 Å². The standard InChI is InChI=1S/C15H13F6N3O/c1-24(2)12-22-8-10(11(23-12)14(16,17)18)13(25,15(19,20)21)9-6-4-3-5-7-9/h3-8,25H,1-2H3. The summed E-state index contributed by atoms with van der Waals surface area (Å²) in [6.45, 7) is 0. The Morgan fingerprint density at radius 3 is 1.96 bits per heavy atom. The van der Waals surface area contributed by atoms with Gasteiger partial charge >= 0.3 is 12.4 Å². The van der Waals surface area contributed by atoms with Gasteiger partial charge in [0.05, 0.1) is 0 Å². The fraction of sp³-hybridized carbons (Fsp3) is 0.333. The monoisotopic (exact) mass is 365 g/mol. The number of aromatic nitrogens is 2. The van der Waals surface area contributed by atoms with E-state index in [0.29, 0.717) is 6.20 Å². The molecule has 10 heteroatoms. The minimum Gasteiger partial charge on any atom is -0.372 e. The summed E-state index contributed by atoms with van der Waals surface area (Å²) in [5.41, 5.74) is -8.02. The van der Waals surface area contributed by atoms with Crippen molar-refractivity contribution in [3.05, 3.63) is 53.3 Å². The van der Waals surface area contributed by atoms with E-state index < -0.39 is 40.7 Å². The van der Waals surface area contributed by atoms with Crippen molar-refractivity contribution < 1.29 is 31.4 Å². The second-order valence-corrected chi connectivity index (χ2v) is 5.40. The number of hydrogen-bond acceptors (Lipinski definition) is 4. The van der Waals surface area contributed by atoms with Crippen molar-refractivity contribution in [3.8, 4) is 0 Å². The summed E-state index contributed by atoms with van der Waals surface area (Å²) in [7, 11) is 2.67. The third-order valence-electron chi connectivity index (χ3n) is 3.44. The largest absolute Gasteiger partial charge is 0.433 e. The van der Waals surface area contributed by atoms with Crippen LogP contribution in [-0.2, 0) is 11.8 Å². The Morgan fingerprint density at radius 2 is 1.52 bits per heavy atom. The van der Waals surface area contributed by atoms with E-state index in [2.05, 4.69) is 9.97 Å². The number of aliphatic hydroxyl groups is 1. The van der Waals surface area contributed by atoms with Crippen molar-refractivity contribution >= 4 is 5.95 Å². The molecule has 0 bridgehead atoms. The second-order valence-electron chi connectivity index (χ2n) is 5.40. The van der Waals surface area contributed by atoms with E-state index in [1.54, 1.807) is 0 Å². The van der Waals surface area contributed by atoms with Crippen molar-refractivity contribution in [2.75, 3.05) is 19.0 Å². The van der Waals surface area contributed by atoms with Crippen LogP contribution in [0.2, 0.25) is 0 Å². The van der Waals surface area contributed by atoms with E-state index in [9.17, 15) is 31.4 Å². The summed E-state index contributed by atoms with van der Waals surface area (Å²) in [6.07, 6.45) is -10.3. The fourth-order valence-electron chi connectivity index (χ4n) is 2.22. The Bertz CT molecular complexity index is 745. The lowest BCUT2D eigenvalue weighted by molar-refractivity contribution is -0.250. The van der Waals surface area contributed by atoms with Crippen molar-refractivity contribution in [3.63, 3.8) is 0 Å². The molecule has 1 N–H and O–H groups in total. The third kappa shape index (κ3) is 3.39. The van der Waals surface area contributed by atoms with Gasteiger partial charge in [-0.2, -0.15) is 26.3 Å². The van der Waals surface area contributed by atoms with Gasteiger partial charge < -0.3 is 10.0 Å². The normalized spacial score (nSPS) is 14.9. The summed E-state index contributed by atoms with van der Waals surface area (Å²) >= 11 is 0. The van der Waals surface area contributed by atoms with E-state index in [0.717, 1.165) is 17.0 Å². The van der Waals surface area contributed by atoms with Gasteiger partial charge in [0.2, 0.25) is 11.5 Å². The number of benzene rings is 1. The lowest BCUT2D eigenvalue weighted by atomic mass is 9.85. The minimum absolute atomic E-state index is 0.353. The Morgan fingerprint density at radius 1 is 0.960 bits per heavy atom.